The lowest BCUT2D eigenvalue weighted by molar-refractivity contribution is -0.00546. The van der Waals surface area contributed by atoms with Gasteiger partial charge in [0.15, 0.2) is 5.78 Å². The fraction of sp³-hybridized carbons (Fsp3) is 0.312. The van der Waals surface area contributed by atoms with E-state index in [9.17, 15) is 4.79 Å². The first-order valence-corrected chi connectivity index (χ1v) is 13.3. The number of methoxy groups -OCH3 is 1. The Labute approximate surface area is 229 Å². The third kappa shape index (κ3) is 5.76. The van der Waals surface area contributed by atoms with Gasteiger partial charge in [-0.3, -0.25) is 9.78 Å². The maximum absolute atomic E-state index is 13.2. The van der Waals surface area contributed by atoms with Crippen LogP contribution in [0.15, 0.2) is 67.0 Å². The summed E-state index contributed by atoms with van der Waals surface area (Å²) < 4.78 is 11.6. The van der Waals surface area contributed by atoms with E-state index in [1.807, 2.05) is 36.5 Å². The summed E-state index contributed by atoms with van der Waals surface area (Å²) in [6, 6.07) is 19.5. The van der Waals surface area contributed by atoms with Crippen LogP contribution in [-0.4, -0.2) is 48.2 Å². The van der Waals surface area contributed by atoms with Crippen molar-refractivity contribution < 1.29 is 14.3 Å². The highest BCUT2D eigenvalue weighted by atomic mass is 16.5. The van der Waals surface area contributed by atoms with Crippen LogP contribution < -0.4 is 9.64 Å². The minimum atomic E-state index is 0.00546. The van der Waals surface area contributed by atoms with Crippen molar-refractivity contribution in [2.24, 2.45) is 0 Å². The smallest absolute Gasteiger partial charge is 0.168 e. The number of hydrogen-bond acceptors (Lipinski definition) is 7. The molecule has 7 heteroatoms. The SMILES string of the molecule is COc1c(C(=O)CCCc2ccc(N3C[C@@H](C)O[C@@H](C)C3)nc2)cnc2c(-c3ccc(C#N)cc3)cccc12. The summed E-state index contributed by atoms with van der Waals surface area (Å²) in [5, 5.41) is 9.89. The van der Waals surface area contributed by atoms with Gasteiger partial charge in [0.2, 0.25) is 0 Å². The Hall–Kier alpha value is -4.28. The molecule has 1 saturated heterocycles. The number of fused-ring (bicyclic) bond motifs is 1. The van der Waals surface area contributed by atoms with E-state index in [1.54, 1.807) is 25.4 Å². The number of nitriles is 1. The first-order chi connectivity index (χ1) is 19.0. The molecule has 0 spiro atoms. The Kier molecular flexibility index (Phi) is 7.85. The van der Waals surface area contributed by atoms with E-state index in [0.717, 1.165) is 52.9 Å². The molecule has 3 heterocycles. The summed E-state index contributed by atoms with van der Waals surface area (Å²) in [5.74, 6) is 1.51. The van der Waals surface area contributed by atoms with Gasteiger partial charge in [0, 0.05) is 42.9 Å². The number of benzene rings is 2. The average molecular weight is 521 g/mol. The monoisotopic (exact) mass is 520 g/mol. The van der Waals surface area contributed by atoms with E-state index in [-0.39, 0.29) is 18.0 Å². The van der Waals surface area contributed by atoms with Crippen LogP contribution in [-0.2, 0) is 11.2 Å². The Morgan fingerprint density at radius 3 is 2.49 bits per heavy atom. The van der Waals surface area contributed by atoms with E-state index >= 15 is 0 Å². The molecule has 0 unspecified atom stereocenters. The molecule has 0 N–H and O–H groups in total. The van der Waals surface area contributed by atoms with Gasteiger partial charge >= 0.3 is 0 Å². The van der Waals surface area contributed by atoms with Crippen LogP contribution in [0.2, 0.25) is 0 Å². The number of anilines is 1. The lowest BCUT2D eigenvalue weighted by atomic mass is 9.98. The van der Waals surface area contributed by atoms with Gasteiger partial charge in [0.25, 0.3) is 0 Å². The molecule has 4 aromatic rings. The van der Waals surface area contributed by atoms with Crippen LogP contribution in [0.3, 0.4) is 0 Å². The minimum Gasteiger partial charge on any atom is -0.495 e. The van der Waals surface area contributed by atoms with Gasteiger partial charge in [0.05, 0.1) is 42.0 Å². The number of carbonyl (C=O) groups excluding carboxylic acids is 1. The molecule has 1 aliphatic heterocycles. The van der Waals surface area contributed by atoms with E-state index in [2.05, 4.69) is 46.9 Å². The topological polar surface area (TPSA) is 88.3 Å². The zero-order valence-electron chi connectivity index (χ0n) is 22.6. The van der Waals surface area contributed by atoms with Crippen molar-refractivity contribution in [3.05, 3.63) is 83.7 Å². The van der Waals surface area contributed by atoms with Crippen LogP contribution in [0.4, 0.5) is 5.82 Å². The molecule has 2 aromatic heterocycles. The first-order valence-electron chi connectivity index (χ1n) is 13.3. The van der Waals surface area contributed by atoms with Crippen molar-refractivity contribution in [1.82, 2.24) is 9.97 Å². The third-order valence-electron chi connectivity index (χ3n) is 7.10. The maximum atomic E-state index is 13.2. The summed E-state index contributed by atoms with van der Waals surface area (Å²) in [6.45, 7) is 5.84. The highest BCUT2D eigenvalue weighted by Gasteiger charge is 2.23. The Morgan fingerprint density at radius 2 is 1.82 bits per heavy atom. The Balaban J connectivity index is 1.27. The van der Waals surface area contributed by atoms with Crippen LogP contribution in [0.1, 0.15) is 48.2 Å². The highest BCUT2D eigenvalue weighted by Crippen LogP contribution is 2.35. The third-order valence-corrected chi connectivity index (χ3v) is 7.10. The number of carbonyl (C=O) groups is 1. The largest absolute Gasteiger partial charge is 0.495 e. The number of rotatable bonds is 8. The number of morpholine rings is 1. The molecule has 39 heavy (non-hydrogen) atoms. The standard InChI is InChI=1S/C32H32N4O3/c1-21-19-36(20-22(2)39-21)30-15-12-24(17-34-30)6-4-9-29(37)28-18-35-31-26(7-5-8-27(31)32(28)38-3)25-13-10-23(16-33)11-14-25/h5,7-8,10-15,17-18,21-22H,4,6,9,19-20H2,1-3H3/t21-,22+. The number of aryl methyl sites for hydroxylation is 1. The van der Waals surface area contributed by atoms with Crippen molar-refractivity contribution in [1.29, 1.82) is 5.26 Å². The van der Waals surface area contributed by atoms with E-state index in [0.29, 0.717) is 29.7 Å². The number of ether oxygens (including phenoxy) is 2. The number of Topliss-reactive ketones (excluding diaryl/α,β-unsaturated/α-hetero) is 1. The Bertz CT molecular complexity index is 1500. The molecule has 0 aliphatic carbocycles. The van der Waals surface area contributed by atoms with Crippen molar-refractivity contribution in [3.63, 3.8) is 0 Å². The van der Waals surface area contributed by atoms with Gasteiger partial charge in [-0.2, -0.15) is 5.26 Å². The van der Waals surface area contributed by atoms with Gasteiger partial charge in [-0.25, -0.2) is 4.98 Å². The number of para-hydroxylation sites is 1. The van der Waals surface area contributed by atoms with Gasteiger partial charge in [-0.1, -0.05) is 30.3 Å². The number of ketones is 1. The second-order valence-corrected chi connectivity index (χ2v) is 10.1. The first kappa shape index (κ1) is 26.3. The molecule has 2 aromatic carbocycles. The minimum absolute atomic E-state index is 0.00546. The van der Waals surface area contributed by atoms with Crippen molar-refractivity contribution in [2.75, 3.05) is 25.1 Å². The molecule has 198 valence electrons. The summed E-state index contributed by atoms with van der Waals surface area (Å²) in [4.78, 5) is 24.8. The molecular formula is C32H32N4O3. The molecule has 0 radical (unpaired) electrons. The highest BCUT2D eigenvalue weighted by molar-refractivity contribution is 6.06. The number of pyridine rings is 2. The lowest BCUT2D eigenvalue weighted by Gasteiger charge is -2.36. The fourth-order valence-electron chi connectivity index (χ4n) is 5.28. The van der Waals surface area contributed by atoms with E-state index < -0.39 is 0 Å². The second-order valence-electron chi connectivity index (χ2n) is 10.1. The molecular weight excluding hydrogens is 488 g/mol. The quantitative estimate of drug-likeness (QED) is 0.263. The zero-order chi connectivity index (χ0) is 27.4. The van der Waals surface area contributed by atoms with Crippen molar-refractivity contribution >= 4 is 22.5 Å². The molecule has 1 fully saturated rings. The van der Waals surface area contributed by atoms with Crippen molar-refractivity contribution in [3.8, 4) is 22.9 Å². The molecule has 5 rings (SSSR count). The van der Waals surface area contributed by atoms with Gasteiger partial charge < -0.3 is 14.4 Å². The van der Waals surface area contributed by atoms with E-state index in [1.165, 1.54) is 0 Å². The lowest BCUT2D eigenvalue weighted by Crippen LogP contribution is -2.45. The molecule has 1 aliphatic rings. The maximum Gasteiger partial charge on any atom is 0.168 e. The second kappa shape index (κ2) is 11.6. The van der Waals surface area contributed by atoms with E-state index in [4.69, 9.17) is 14.7 Å². The number of aromatic nitrogens is 2. The summed E-state index contributed by atoms with van der Waals surface area (Å²) in [6.07, 6.45) is 5.76. The fourth-order valence-corrected chi connectivity index (χ4v) is 5.28. The summed E-state index contributed by atoms with van der Waals surface area (Å²) in [7, 11) is 1.59. The summed E-state index contributed by atoms with van der Waals surface area (Å²) >= 11 is 0. The van der Waals surface area contributed by atoms with Crippen LogP contribution in [0, 0.1) is 11.3 Å². The number of hydrogen-bond donors (Lipinski definition) is 0. The van der Waals surface area contributed by atoms with Crippen LogP contribution in [0.25, 0.3) is 22.0 Å². The van der Waals surface area contributed by atoms with Gasteiger partial charge in [0.1, 0.15) is 11.6 Å². The van der Waals surface area contributed by atoms with Crippen LogP contribution in [0.5, 0.6) is 5.75 Å². The van der Waals surface area contributed by atoms with Crippen LogP contribution >= 0.6 is 0 Å². The normalized spacial score (nSPS) is 17.1. The van der Waals surface area contributed by atoms with Gasteiger partial charge in [-0.05, 0) is 62.1 Å². The molecule has 2 atom stereocenters. The predicted octanol–water partition coefficient (Wildman–Crippen LogP) is 6.00. The average Bonchev–Trinajstić information content (AvgIpc) is 2.96. The van der Waals surface area contributed by atoms with Gasteiger partial charge in [-0.15, -0.1) is 0 Å². The number of nitrogens with zero attached hydrogens (tertiary/aromatic N) is 4. The zero-order valence-corrected chi connectivity index (χ0v) is 22.6. The molecule has 7 nitrogen and oxygen atoms in total. The van der Waals surface area contributed by atoms with Crippen molar-refractivity contribution in [2.45, 2.75) is 45.3 Å². The Morgan fingerprint density at radius 1 is 1.05 bits per heavy atom. The predicted molar refractivity (Wildman–Crippen MR) is 152 cm³/mol. The molecule has 0 amide bonds. The molecule has 0 saturated carbocycles. The molecule has 0 bridgehead atoms. The summed E-state index contributed by atoms with van der Waals surface area (Å²) in [5.41, 5.74) is 4.83.